The van der Waals surface area contributed by atoms with E-state index in [0.29, 0.717) is 4.79 Å². The van der Waals surface area contributed by atoms with Gasteiger partial charge in [0.1, 0.15) is 0 Å². The standard InChI is InChI=1S/CH8N6/c2-1(6-3)7(4)5/h3-5H2,(H2,2,6)/p+1. The molecule has 0 saturated carbocycles. The third kappa shape index (κ3) is 1.66. The number of nitrogens with one attached hydrogen (secondary N) is 1. The zero-order chi connectivity index (χ0) is 5.86. The van der Waals surface area contributed by atoms with Crippen molar-refractivity contribution >= 4 is 5.96 Å². The van der Waals surface area contributed by atoms with Gasteiger partial charge in [0.05, 0.1) is 0 Å². The van der Waals surface area contributed by atoms with Crippen LogP contribution in [0.2, 0.25) is 0 Å². The fraction of sp³-hybridized carbons (Fsp3) is 0. The molecule has 0 aromatic rings. The third-order valence-electron chi connectivity index (χ3n) is 0.426. The number of guanidine groups is 1. The Hall–Kier alpha value is -1.17. The lowest BCUT2D eigenvalue weighted by atomic mass is 11.1. The zero-order valence-electron chi connectivity index (χ0n) is 3.76. The number of hydrogen-bond acceptors (Lipinski definition) is 3. The maximum absolute atomic E-state index is 4.97. The molecule has 0 spiro atoms. The summed E-state index contributed by atoms with van der Waals surface area (Å²) in [6, 6.07) is 0. The molecule has 6 nitrogen and oxygen atoms in total. The van der Waals surface area contributed by atoms with Gasteiger partial charge in [-0.25, -0.2) is 5.43 Å². The quantitative estimate of drug-likeness (QED) is 0.0720. The van der Waals surface area contributed by atoms with E-state index in [1.54, 1.807) is 0 Å². The maximum Gasteiger partial charge on any atom is 0.404 e. The first-order valence-corrected chi connectivity index (χ1v) is 1.57. The number of hydrazine groups is 3. The minimum atomic E-state index is 0.0139. The molecule has 0 aliphatic carbocycles. The van der Waals surface area contributed by atoms with Gasteiger partial charge in [-0.2, -0.15) is 5.84 Å². The largest absolute Gasteiger partial charge is 0.404 e. The van der Waals surface area contributed by atoms with Crippen molar-refractivity contribution in [2.24, 2.45) is 23.3 Å². The van der Waals surface area contributed by atoms with Gasteiger partial charge in [-0.05, 0) is 0 Å². The first kappa shape index (κ1) is 5.83. The molecule has 0 amide bonds. The van der Waals surface area contributed by atoms with Gasteiger partial charge in [0.25, 0.3) is 0 Å². The summed E-state index contributed by atoms with van der Waals surface area (Å²) in [6.45, 7) is 0. The average Bonchev–Trinajstić information content (AvgIpc) is 1.65. The molecule has 0 aliphatic heterocycles. The van der Waals surface area contributed by atoms with Gasteiger partial charge >= 0.3 is 5.96 Å². The highest BCUT2D eigenvalue weighted by molar-refractivity contribution is 5.71. The fourth-order valence-corrected chi connectivity index (χ4v) is 0.0745. The van der Waals surface area contributed by atoms with Gasteiger partial charge in [-0.1, -0.05) is 4.79 Å². The Bertz CT molecular complexity index is 78.2. The Labute approximate surface area is 40.7 Å². The molecule has 0 heterocycles. The van der Waals surface area contributed by atoms with Crippen molar-refractivity contribution in [3.05, 3.63) is 0 Å². The molecule has 9 N–H and O–H groups in total. The summed E-state index contributed by atoms with van der Waals surface area (Å²) in [7, 11) is 0. The van der Waals surface area contributed by atoms with Crippen LogP contribution in [-0.2, 0) is 0 Å². The fourth-order valence-electron chi connectivity index (χ4n) is 0.0745. The molecular weight excluding hydrogens is 96.1 g/mol. The van der Waals surface area contributed by atoms with Gasteiger partial charge in [-0.3, -0.25) is 17.4 Å². The second-order valence-electron chi connectivity index (χ2n) is 0.937. The lowest BCUT2D eigenvalue weighted by Crippen LogP contribution is -2.49. The van der Waals surface area contributed by atoms with E-state index in [0.717, 1.165) is 0 Å². The summed E-state index contributed by atoms with van der Waals surface area (Å²) >= 11 is 0. The van der Waals surface area contributed by atoms with E-state index in [1.165, 1.54) is 0 Å². The van der Waals surface area contributed by atoms with Gasteiger partial charge in [0.2, 0.25) is 0 Å². The van der Waals surface area contributed by atoms with E-state index in [1.807, 2.05) is 5.43 Å². The minimum absolute atomic E-state index is 0.0139. The monoisotopic (exact) mass is 105 g/mol. The topological polar surface area (TPSA) is 119 Å². The van der Waals surface area contributed by atoms with Gasteiger partial charge in [-0.15, -0.1) is 0 Å². The van der Waals surface area contributed by atoms with Gasteiger partial charge in [0, 0.05) is 0 Å². The Kier molecular flexibility index (Phi) is 1.74. The normalized spacial score (nSPS) is 7.57. The molecule has 0 atom stereocenters. The van der Waals surface area contributed by atoms with E-state index in [-0.39, 0.29) is 5.96 Å². The first-order chi connectivity index (χ1) is 3.18. The lowest BCUT2D eigenvalue weighted by Gasteiger charge is -1.91. The number of hydrazone groups is 2. The molecule has 0 saturated heterocycles. The predicted molar refractivity (Wildman–Crippen MR) is 25.2 cm³/mol. The zero-order valence-corrected chi connectivity index (χ0v) is 3.76. The Morgan fingerprint density at radius 2 is 1.86 bits per heavy atom. The van der Waals surface area contributed by atoms with Crippen LogP contribution >= 0.6 is 0 Å². The van der Waals surface area contributed by atoms with E-state index in [4.69, 9.17) is 23.3 Å². The molecule has 0 aromatic heterocycles. The molecule has 0 rings (SSSR count). The minimum Gasteiger partial charge on any atom is -0.286 e. The van der Waals surface area contributed by atoms with Gasteiger partial charge < -0.3 is 0 Å². The Balaban J connectivity index is 3.72. The van der Waals surface area contributed by atoms with Crippen LogP contribution < -0.4 is 28.7 Å². The van der Waals surface area contributed by atoms with Crippen molar-refractivity contribution in [1.29, 1.82) is 0 Å². The smallest absolute Gasteiger partial charge is 0.286 e. The molecule has 42 valence electrons. The van der Waals surface area contributed by atoms with Crippen molar-refractivity contribution in [1.82, 2.24) is 5.43 Å². The molecular formula is CH9N6+. The number of nitrogens with zero attached hydrogens (tertiary/aromatic N) is 1. The maximum atomic E-state index is 4.97. The number of nitrogens with two attached hydrogens (primary N) is 4. The van der Waals surface area contributed by atoms with Crippen LogP contribution in [0.5, 0.6) is 0 Å². The summed E-state index contributed by atoms with van der Waals surface area (Å²) in [5.74, 6) is 14.5. The van der Waals surface area contributed by atoms with Crippen LogP contribution in [0.25, 0.3) is 0 Å². The number of rotatable bonds is 0. The summed E-state index contributed by atoms with van der Waals surface area (Å²) < 4.78 is 0. The van der Waals surface area contributed by atoms with Crippen molar-refractivity contribution < 1.29 is 4.79 Å². The molecule has 0 unspecified atom stereocenters. The van der Waals surface area contributed by atoms with E-state index >= 15 is 0 Å². The highest BCUT2D eigenvalue weighted by atomic mass is 15.6. The van der Waals surface area contributed by atoms with Crippen molar-refractivity contribution in [2.45, 2.75) is 0 Å². The average molecular weight is 105 g/mol. The van der Waals surface area contributed by atoms with Crippen LogP contribution in [0.3, 0.4) is 0 Å². The summed E-state index contributed by atoms with van der Waals surface area (Å²) in [5, 5.41) is 0. The Morgan fingerprint density at radius 1 is 1.43 bits per heavy atom. The van der Waals surface area contributed by atoms with Crippen molar-refractivity contribution in [3.63, 3.8) is 0 Å². The van der Waals surface area contributed by atoms with Crippen LogP contribution in [0.4, 0.5) is 0 Å². The second-order valence-corrected chi connectivity index (χ2v) is 0.937. The van der Waals surface area contributed by atoms with Crippen LogP contribution in [0, 0.1) is 0 Å². The number of hydrogen-bond donors (Lipinski definition) is 5. The van der Waals surface area contributed by atoms with Crippen molar-refractivity contribution in [3.8, 4) is 0 Å². The van der Waals surface area contributed by atoms with Crippen LogP contribution in [0.15, 0.2) is 0 Å². The molecule has 0 aliphatic rings. The molecule has 7 heavy (non-hydrogen) atoms. The van der Waals surface area contributed by atoms with Crippen LogP contribution in [0.1, 0.15) is 0 Å². The summed E-state index contributed by atoms with van der Waals surface area (Å²) in [6.07, 6.45) is 0. The summed E-state index contributed by atoms with van der Waals surface area (Å²) in [4.78, 5) is 0.681. The molecule has 0 aromatic carbocycles. The second kappa shape index (κ2) is 2.08. The molecule has 0 fully saturated rings. The summed E-state index contributed by atoms with van der Waals surface area (Å²) in [5.41, 5.74) is 7.01. The molecule has 0 radical (unpaired) electrons. The SMILES string of the molecule is NNC(N)=[N+](N)N. The molecule has 0 bridgehead atoms. The van der Waals surface area contributed by atoms with E-state index < -0.39 is 0 Å². The van der Waals surface area contributed by atoms with Crippen molar-refractivity contribution in [2.75, 3.05) is 0 Å². The highest BCUT2D eigenvalue weighted by Crippen LogP contribution is 1.35. The first-order valence-electron chi connectivity index (χ1n) is 1.57. The van der Waals surface area contributed by atoms with E-state index in [2.05, 4.69) is 0 Å². The van der Waals surface area contributed by atoms with Crippen LogP contribution in [-0.4, -0.2) is 10.8 Å². The third-order valence-corrected chi connectivity index (χ3v) is 0.426. The predicted octanol–water partition coefficient (Wildman–Crippen LogP) is -3.48. The lowest BCUT2D eigenvalue weighted by molar-refractivity contribution is -0.554. The Morgan fingerprint density at radius 3 is 1.86 bits per heavy atom. The van der Waals surface area contributed by atoms with Gasteiger partial charge in [0.15, 0.2) is 0 Å². The van der Waals surface area contributed by atoms with E-state index in [9.17, 15) is 0 Å². The molecule has 6 heteroatoms. The highest BCUT2D eigenvalue weighted by Gasteiger charge is 1.93.